The van der Waals surface area contributed by atoms with Crippen molar-refractivity contribution in [1.29, 1.82) is 0 Å². The van der Waals surface area contributed by atoms with Gasteiger partial charge in [0.25, 0.3) is 5.88 Å². The molecule has 1 aromatic carbocycles. The van der Waals surface area contributed by atoms with E-state index in [1.807, 2.05) is 31.3 Å². The Labute approximate surface area is 284 Å². The van der Waals surface area contributed by atoms with Crippen molar-refractivity contribution in [2.24, 2.45) is 5.92 Å². The van der Waals surface area contributed by atoms with Crippen LogP contribution in [0.25, 0.3) is 11.1 Å². The van der Waals surface area contributed by atoms with Crippen molar-refractivity contribution >= 4 is 23.2 Å². The maximum Gasteiger partial charge on any atom is 0.256 e. The van der Waals surface area contributed by atoms with Gasteiger partial charge < -0.3 is 24.3 Å². The Hall–Kier alpha value is -3.85. The van der Waals surface area contributed by atoms with E-state index < -0.39 is 0 Å². The first-order chi connectivity index (χ1) is 23.6. The average Bonchev–Trinajstić information content (AvgIpc) is 3.80. The van der Waals surface area contributed by atoms with Gasteiger partial charge in [0.15, 0.2) is 0 Å². The maximum atomic E-state index is 6.47. The van der Waals surface area contributed by atoms with Crippen LogP contribution in [0.5, 0.6) is 11.6 Å². The van der Waals surface area contributed by atoms with Crippen molar-refractivity contribution < 1.29 is 18.9 Å². The summed E-state index contributed by atoms with van der Waals surface area (Å²) in [4.78, 5) is 12.0. The minimum atomic E-state index is -0.201. The molecule has 1 saturated carbocycles. The Balaban J connectivity index is 0.938. The third kappa shape index (κ3) is 6.84. The van der Waals surface area contributed by atoms with E-state index in [0.29, 0.717) is 65.8 Å². The molecule has 0 spiro atoms. The summed E-state index contributed by atoms with van der Waals surface area (Å²) >= 11 is 6.47. The van der Waals surface area contributed by atoms with Crippen molar-refractivity contribution in [3.05, 3.63) is 48.1 Å². The van der Waals surface area contributed by atoms with Crippen LogP contribution in [0.1, 0.15) is 51.5 Å². The van der Waals surface area contributed by atoms with Crippen molar-refractivity contribution in [3.8, 4) is 22.8 Å². The molecule has 14 nitrogen and oxygen atoms in total. The van der Waals surface area contributed by atoms with Crippen LogP contribution in [-0.4, -0.2) is 102 Å². The molecule has 0 unspecified atom stereocenters. The number of nitrogens with zero attached hydrogens (tertiary/aromatic N) is 9. The molecule has 6 heterocycles. The largest absolute Gasteiger partial charge is 0.487 e. The normalized spacial score (nSPS) is 25.0. The average molecular weight is 677 g/mol. The van der Waals surface area contributed by atoms with E-state index in [1.54, 1.807) is 23.4 Å². The van der Waals surface area contributed by atoms with Gasteiger partial charge in [-0.3, -0.25) is 9.58 Å². The molecule has 2 bridgehead atoms. The molecule has 4 aromatic rings. The van der Waals surface area contributed by atoms with Crippen LogP contribution in [-0.2, 0) is 16.0 Å². The number of aromatic nitrogens is 8. The van der Waals surface area contributed by atoms with Gasteiger partial charge >= 0.3 is 0 Å². The molecular formula is C33H41ClN10O4. The second kappa shape index (κ2) is 13.9. The van der Waals surface area contributed by atoms with E-state index >= 15 is 0 Å². The standard InChI is InChI=1S/C33H41ClN10O4/c1-21(13-42-20-37-40-41-42)48-31-10-23(2-9-29(31)34)24-11-35-33(36-12-24)38-30-14-43(39-32(30)47-17-22-15-45-16-22)25-3-5-26(6-4-25)44-27-7-8-28(44)19-46-18-27/h2,9-12,14,20-22,25-28H,3-8,13,15-19H2,1H3,(H,35,36,38)/t21-,25-,26-,27-,28+/m0/s1. The van der Waals surface area contributed by atoms with Gasteiger partial charge in [-0.2, -0.15) is 0 Å². The molecule has 254 valence electrons. The number of benzene rings is 1. The van der Waals surface area contributed by atoms with E-state index in [2.05, 4.69) is 40.4 Å². The first-order valence-corrected chi connectivity index (χ1v) is 17.3. The first kappa shape index (κ1) is 31.4. The molecule has 1 aliphatic carbocycles. The lowest BCUT2D eigenvalue weighted by atomic mass is 9.89. The third-order valence-corrected chi connectivity index (χ3v) is 10.3. The predicted octanol–water partition coefficient (Wildman–Crippen LogP) is 4.56. The number of rotatable bonds is 12. The van der Waals surface area contributed by atoms with Crippen molar-refractivity contribution in [1.82, 2.24) is 44.9 Å². The highest BCUT2D eigenvalue weighted by molar-refractivity contribution is 6.32. The van der Waals surface area contributed by atoms with Crippen LogP contribution in [0.3, 0.4) is 0 Å². The molecular weight excluding hydrogens is 636 g/mol. The Bertz CT molecular complexity index is 1640. The highest BCUT2D eigenvalue weighted by atomic mass is 35.5. The van der Waals surface area contributed by atoms with Crippen LogP contribution >= 0.6 is 11.6 Å². The molecule has 0 radical (unpaired) electrons. The number of nitrogens with one attached hydrogen (secondary N) is 1. The lowest BCUT2D eigenvalue weighted by Crippen LogP contribution is -2.52. The van der Waals surface area contributed by atoms with Crippen LogP contribution < -0.4 is 14.8 Å². The summed E-state index contributed by atoms with van der Waals surface area (Å²) < 4.78 is 27.2. The number of morpholine rings is 1. The molecule has 15 heteroatoms. The van der Waals surface area contributed by atoms with Gasteiger partial charge in [-0.05, 0) is 73.6 Å². The lowest BCUT2D eigenvalue weighted by Gasteiger charge is -2.43. The fraction of sp³-hybridized carbons (Fsp3) is 0.576. The molecule has 3 aliphatic heterocycles. The molecule has 4 aliphatic rings. The summed E-state index contributed by atoms with van der Waals surface area (Å²) in [7, 11) is 0. The Kier molecular flexibility index (Phi) is 9.13. The SMILES string of the molecule is C[C@@H](Cn1cnnn1)Oc1cc(-c2cnc(Nc3cn([C@H]4CC[C@H](N5[C@@H]6CC[C@H]5COC6)CC4)nc3OCC3COC3)nc2)ccc1Cl. The van der Waals surface area contributed by atoms with Gasteiger partial charge in [0, 0.05) is 42.0 Å². The number of halogens is 1. The molecule has 3 saturated heterocycles. The Morgan fingerprint density at radius 1 is 0.938 bits per heavy atom. The monoisotopic (exact) mass is 676 g/mol. The minimum absolute atomic E-state index is 0.201. The zero-order chi connectivity index (χ0) is 32.5. The molecule has 3 atom stereocenters. The molecule has 8 rings (SSSR count). The summed E-state index contributed by atoms with van der Waals surface area (Å²) in [6.45, 7) is 6.21. The van der Waals surface area contributed by atoms with Gasteiger partial charge in [0.1, 0.15) is 23.9 Å². The fourth-order valence-electron chi connectivity index (χ4n) is 7.43. The smallest absolute Gasteiger partial charge is 0.256 e. The number of fused-ring (bicyclic) bond motifs is 2. The fourth-order valence-corrected chi connectivity index (χ4v) is 7.59. The summed E-state index contributed by atoms with van der Waals surface area (Å²) in [5.41, 5.74) is 2.48. The van der Waals surface area contributed by atoms with Crippen LogP contribution in [0.15, 0.2) is 43.1 Å². The zero-order valence-electron chi connectivity index (χ0n) is 27.0. The van der Waals surface area contributed by atoms with Crippen LogP contribution in [0, 0.1) is 5.92 Å². The first-order valence-electron chi connectivity index (χ1n) is 17.0. The topological polar surface area (TPSA) is 139 Å². The van der Waals surface area contributed by atoms with Crippen molar-refractivity contribution in [2.75, 3.05) is 38.4 Å². The second-order valence-electron chi connectivity index (χ2n) is 13.4. The van der Waals surface area contributed by atoms with Gasteiger partial charge in [-0.15, -0.1) is 10.2 Å². The molecule has 4 fully saturated rings. The number of ether oxygens (including phenoxy) is 4. The Morgan fingerprint density at radius 3 is 2.38 bits per heavy atom. The number of tetrazole rings is 1. The van der Waals surface area contributed by atoms with Crippen LogP contribution in [0.2, 0.25) is 5.02 Å². The third-order valence-electron chi connectivity index (χ3n) is 9.95. The van der Waals surface area contributed by atoms with E-state index in [0.717, 1.165) is 56.1 Å². The van der Waals surface area contributed by atoms with Gasteiger partial charge in [-0.1, -0.05) is 17.7 Å². The summed E-state index contributed by atoms with van der Waals surface area (Å²) in [5, 5.41) is 20.1. The van der Waals surface area contributed by atoms with E-state index in [4.69, 9.17) is 35.6 Å². The predicted molar refractivity (Wildman–Crippen MR) is 176 cm³/mol. The second-order valence-corrected chi connectivity index (χ2v) is 13.8. The van der Waals surface area contributed by atoms with Gasteiger partial charge in [0.05, 0.1) is 56.8 Å². The summed E-state index contributed by atoms with van der Waals surface area (Å²) in [5.74, 6) is 1.98. The zero-order valence-corrected chi connectivity index (χ0v) is 27.8. The van der Waals surface area contributed by atoms with E-state index in [1.165, 1.54) is 25.7 Å². The number of hydrogen-bond donors (Lipinski definition) is 1. The molecule has 3 aromatic heterocycles. The van der Waals surface area contributed by atoms with Gasteiger partial charge in [0.2, 0.25) is 5.95 Å². The highest BCUT2D eigenvalue weighted by Gasteiger charge is 2.42. The van der Waals surface area contributed by atoms with Crippen LogP contribution in [0.4, 0.5) is 11.6 Å². The Morgan fingerprint density at radius 2 is 1.67 bits per heavy atom. The highest BCUT2D eigenvalue weighted by Crippen LogP contribution is 2.40. The molecule has 48 heavy (non-hydrogen) atoms. The summed E-state index contributed by atoms with van der Waals surface area (Å²) in [6.07, 6.45) is 14.0. The lowest BCUT2D eigenvalue weighted by molar-refractivity contribution is -0.0515. The summed E-state index contributed by atoms with van der Waals surface area (Å²) in [6, 6.07) is 7.78. The number of anilines is 2. The molecule has 0 amide bonds. The number of hydrogen-bond acceptors (Lipinski definition) is 12. The van der Waals surface area contributed by atoms with Crippen molar-refractivity contribution in [2.45, 2.75) is 82.3 Å². The maximum absolute atomic E-state index is 6.47. The van der Waals surface area contributed by atoms with Crippen molar-refractivity contribution in [3.63, 3.8) is 0 Å². The minimum Gasteiger partial charge on any atom is -0.487 e. The van der Waals surface area contributed by atoms with Gasteiger partial charge in [-0.25, -0.2) is 14.6 Å². The van der Waals surface area contributed by atoms with E-state index in [-0.39, 0.29) is 6.10 Å². The van der Waals surface area contributed by atoms with E-state index in [9.17, 15) is 0 Å². The molecule has 1 N–H and O–H groups in total. The quantitative estimate of drug-likeness (QED) is 0.225.